The third-order valence-electron chi connectivity index (χ3n) is 3.46. The molecule has 0 bridgehead atoms. The van der Waals surface area contributed by atoms with Crippen molar-refractivity contribution in [2.45, 2.75) is 52.0 Å². The minimum absolute atomic E-state index is 0.715. The Balaban J connectivity index is 2.13. The summed E-state index contributed by atoms with van der Waals surface area (Å²) in [5.74, 6) is 0.902. The molecular formula is C16H26N2O. The number of hydrogen-bond donors (Lipinski definition) is 1. The summed E-state index contributed by atoms with van der Waals surface area (Å²) in [6, 6.07) is 6.85. The van der Waals surface area contributed by atoms with Gasteiger partial charge in [0.05, 0.1) is 6.61 Å². The topological polar surface area (TPSA) is 38.5 Å². The quantitative estimate of drug-likeness (QED) is 0.724. The van der Waals surface area contributed by atoms with Gasteiger partial charge in [0.2, 0.25) is 0 Å². The Kier molecular flexibility index (Phi) is 4.94. The van der Waals surface area contributed by atoms with Crippen LogP contribution in [-0.2, 0) is 0 Å². The Bertz CT molecular complexity index is 402. The van der Waals surface area contributed by atoms with Crippen LogP contribution >= 0.6 is 0 Å². The molecule has 1 saturated carbocycles. The Morgan fingerprint density at radius 1 is 1.21 bits per heavy atom. The highest BCUT2D eigenvalue weighted by molar-refractivity contribution is 5.61. The molecule has 1 aromatic carbocycles. The summed E-state index contributed by atoms with van der Waals surface area (Å²) in [7, 11) is 0. The van der Waals surface area contributed by atoms with E-state index in [4.69, 9.17) is 10.5 Å². The first-order valence-corrected chi connectivity index (χ1v) is 7.54. The monoisotopic (exact) mass is 262 g/mol. The van der Waals surface area contributed by atoms with E-state index in [0.717, 1.165) is 31.0 Å². The Labute approximate surface area is 116 Å². The lowest BCUT2D eigenvalue weighted by atomic mass is 10.2. The lowest BCUT2D eigenvalue weighted by Gasteiger charge is -2.25. The van der Waals surface area contributed by atoms with Gasteiger partial charge in [0, 0.05) is 36.1 Å². The first-order chi connectivity index (χ1) is 9.24. The van der Waals surface area contributed by atoms with Crippen molar-refractivity contribution in [3.05, 3.63) is 18.2 Å². The molecule has 3 nitrogen and oxygen atoms in total. The number of anilines is 2. The van der Waals surface area contributed by atoms with E-state index in [2.05, 4.69) is 30.9 Å². The number of ether oxygens (including phenoxy) is 1. The van der Waals surface area contributed by atoms with Crippen LogP contribution < -0.4 is 15.4 Å². The molecular weight excluding hydrogens is 236 g/mol. The predicted molar refractivity (Wildman–Crippen MR) is 81.9 cm³/mol. The second-order valence-corrected chi connectivity index (χ2v) is 5.39. The van der Waals surface area contributed by atoms with Crippen molar-refractivity contribution in [3.8, 4) is 5.75 Å². The number of hydrogen-bond acceptors (Lipinski definition) is 3. The number of nitrogens with two attached hydrogens (primary N) is 1. The van der Waals surface area contributed by atoms with Crippen molar-refractivity contribution in [1.82, 2.24) is 0 Å². The normalized spacial score (nSPS) is 14.4. The average Bonchev–Trinajstić information content (AvgIpc) is 3.21. The Morgan fingerprint density at radius 2 is 2.00 bits per heavy atom. The summed E-state index contributed by atoms with van der Waals surface area (Å²) in [6.07, 6.45) is 6.10. The van der Waals surface area contributed by atoms with Crippen molar-refractivity contribution in [1.29, 1.82) is 0 Å². The van der Waals surface area contributed by atoms with E-state index >= 15 is 0 Å². The largest absolute Gasteiger partial charge is 0.493 e. The zero-order chi connectivity index (χ0) is 13.7. The van der Waals surface area contributed by atoms with Crippen molar-refractivity contribution in [2.75, 3.05) is 23.8 Å². The van der Waals surface area contributed by atoms with Gasteiger partial charge in [0.25, 0.3) is 0 Å². The highest BCUT2D eigenvalue weighted by Crippen LogP contribution is 2.35. The highest BCUT2D eigenvalue weighted by atomic mass is 16.5. The van der Waals surface area contributed by atoms with Crippen LogP contribution in [0.1, 0.15) is 46.0 Å². The number of rotatable bonds is 8. The molecule has 0 amide bonds. The van der Waals surface area contributed by atoms with Crippen LogP contribution in [0, 0.1) is 0 Å². The van der Waals surface area contributed by atoms with E-state index in [1.165, 1.54) is 31.4 Å². The molecule has 2 N–H and O–H groups in total. The van der Waals surface area contributed by atoms with Crippen LogP contribution in [0.3, 0.4) is 0 Å². The van der Waals surface area contributed by atoms with Gasteiger partial charge in [-0.1, -0.05) is 20.3 Å². The maximum atomic E-state index is 6.01. The third kappa shape index (κ3) is 4.05. The van der Waals surface area contributed by atoms with Gasteiger partial charge >= 0.3 is 0 Å². The van der Waals surface area contributed by atoms with Gasteiger partial charge in [-0.3, -0.25) is 0 Å². The molecule has 0 heterocycles. The van der Waals surface area contributed by atoms with Crippen LogP contribution in [0.2, 0.25) is 0 Å². The summed E-state index contributed by atoms with van der Waals surface area (Å²) in [4.78, 5) is 2.50. The van der Waals surface area contributed by atoms with Crippen molar-refractivity contribution in [2.24, 2.45) is 0 Å². The second kappa shape index (κ2) is 6.69. The standard InChI is InChI=1S/C16H26N2O/c1-3-5-8-18(14-6-7-14)15-10-13(17)11-16(12-15)19-9-4-2/h10-12,14H,3-9,17H2,1-2H3. The van der Waals surface area contributed by atoms with Gasteiger partial charge in [-0.15, -0.1) is 0 Å². The molecule has 1 fully saturated rings. The van der Waals surface area contributed by atoms with E-state index in [1.807, 2.05) is 6.07 Å². The van der Waals surface area contributed by atoms with Crippen LogP contribution in [0.15, 0.2) is 18.2 Å². The van der Waals surface area contributed by atoms with Crippen molar-refractivity contribution in [3.63, 3.8) is 0 Å². The third-order valence-corrected chi connectivity index (χ3v) is 3.46. The molecule has 0 radical (unpaired) electrons. The first-order valence-electron chi connectivity index (χ1n) is 7.54. The lowest BCUT2D eigenvalue weighted by molar-refractivity contribution is 0.317. The highest BCUT2D eigenvalue weighted by Gasteiger charge is 2.29. The molecule has 0 unspecified atom stereocenters. The summed E-state index contributed by atoms with van der Waals surface area (Å²) < 4.78 is 5.72. The summed E-state index contributed by atoms with van der Waals surface area (Å²) >= 11 is 0. The van der Waals surface area contributed by atoms with Crippen LogP contribution in [0.25, 0.3) is 0 Å². The van der Waals surface area contributed by atoms with Gasteiger partial charge < -0.3 is 15.4 Å². The van der Waals surface area contributed by atoms with Gasteiger partial charge in [0.1, 0.15) is 5.75 Å². The van der Waals surface area contributed by atoms with Gasteiger partial charge in [-0.25, -0.2) is 0 Å². The smallest absolute Gasteiger partial charge is 0.123 e. The summed E-state index contributed by atoms with van der Waals surface area (Å²) in [5, 5.41) is 0. The van der Waals surface area contributed by atoms with E-state index < -0.39 is 0 Å². The Morgan fingerprint density at radius 3 is 2.63 bits per heavy atom. The molecule has 0 aromatic heterocycles. The van der Waals surface area contributed by atoms with Gasteiger partial charge in [-0.2, -0.15) is 0 Å². The number of unbranched alkanes of at least 4 members (excludes halogenated alkanes) is 1. The van der Waals surface area contributed by atoms with Crippen LogP contribution in [-0.4, -0.2) is 19.2 Å². The van der Waals surface area contributed by atoms with Crippen molar-refractivity contribution >= 4 is 11.4 Å². The van der Waals surface area contributed by atoms with E-state index in [1.54, 1.807) is 0 Å². The van der Waals surface area contributed by atoms with Crippen LogP contribution in [0.5, 0.6) is 5.75 Å². The molecule has 1 aliphatic carbocycles. The number of nitrogens with zero attached hydrogens (tertiary/aromatic N) is 1. The molecule has 1 aromatic rings. The summed E-state index contributed by atoms with van der Waals surface area (Å²) in [6.45, 7) is 6.23. The van der Waals surface area contributed by atoms with E-state index in [9.17, 15) is 0 Å². The second-order valence-electron chi connectivity index (χ2n) is 5.39. The zero-order valence-electron chi connectivity index (χ0n) is 12.2. The fourth-order valence-electron chi connectivity index (χ4n) is 2.31. The minimum atomic E-state index is 0.715. The molecule has 0 saturated heterocycles. The minimum Gasteiger partial charge on any atom is -0.493 e. The molecule has 0 spiro atoms. The van der Waals surface area contributed by atoms with Crippen molar-refractivity contribution < 1.29 is 4.74 Å². The first kappa shape index (κ1) is 14.0. The maximum absolute atomic E-state index is 6.01. The average molecular weight is 262 g/mol. The zero-order valence-corrected chi connectivity index (χ0v) is 12.2. The van der Waals surface area contributed by atoms with Gasteiger partial charge in [-0.05, 0) is 31.7 Å². The lowest BCUT2D eigenvalue weighted by Crippen LogP contribution is -2.26. The number of nitrogen functional groups attached to an aromatic ring is 1. The summed E-state index contributed by atoms with van der Waals surface area (Å²) in [5.41, 5.74) is 8.03. The van der Waals surface area contributed by atoms with E-state index in [0.29, 0.717) is 6.04 Å². The molecule has 0 aliphatic heterocycles. The predicted octanol–water partition coefficient (Wildman–Crippen LogP) is 3.83. The molecule has 0 atom stereocenters. The SMILES string of the molecule is CCCCN(c1cc(N)cc(OCCC)c1)C1CC1. The molecule has 19 heavy (non-hydrogen) atoms. The van der Waals surface area contributed by atoms with Crippen LogP contribution in [0.4, 0.5) is 11.4 Å². The molecule has 106 valence electrons. The maximum Gasteiger partial charge on any atom is 0.123 e. The molecule has 1 aliphatic rings. The fraction of sp³-hybridized carbons (Fsp3) is 0.625. The Hall–Kier alpha value is -1.38. The van der Waals surface area contributed by atoms with E-state index in [-0.39, 0.29) is 0 Å². The fourth-order valence-corrected chi connectivity index (χ4v) is 2.31. The van der Waals surface area contributed by atoms with Gasteiger partial charge in [0.15, 0.2) is 0 Å². The molecule has 2 rings (SSSR count). The molecule has 3 heteroatoms. The number of benzene rings is 1.